The van der Waals surface area contributed by atoms with E-state index in [9.17, 15) is 18.0 Å². The molecule has 10 heteroatoms. The van der Waals surface area contributed by atoms with Crippen LogP contribution in [-0.4, -0.2) is 39.6 Å². The molecule has 0 heterocycles. The molecule has 3 aromatic carbocycles. The average Bonchev–Trinajstić information content (AvgIpc) is 2.86. The lowest BCUT2D eigenvalue weighted by Gasteiger charge is -2.24. The SMILES string of the molecule is COc1cccc(N(CC(=O)N/N=C(/C)c2ccc(NC(C)=O)cc2)S(=O)(=O)c2ccccc2)c1. The number of anilines is 2. The summed E-state index contributed by atoms with van der Waals surface area (Å²) in [7, 11) is -2.57. The Hall–Kier alpha value is -4.18. The first kappa shape index (κ1) is 25.4. The second-order valence-corrected chi connectivity index (χ2v) is 9.38. The standard InChI is InChI=1S/C25H26N4O5S/c1-18(20-12-14-21(15-13-20)26-19(2)30)27-28-25(31)17-29(22-8-7-9-23(16-22)34-3)35(32,33)24-10-5-4-6-11-24/h4-16H,17H2,1-3H3,(H,26,30)(H,28,31)/b27-18-. The number of hydrogen-bond donors (Lipinski definition) is 2. The van der Waals surface area contributed by atoms with Crippen molar-refractivity contribution in [2.45, 2.75) is 18.7 Å². The lowest BCUT2D eigenvalue weighted by molar-refractivity contribution is -0.119. The molecule has 0 aliphatic rings. The molecule has 0 saturated heterocycles. The fourth-order valence-corrected chi connectivity index (χ4v) is 4.61. The molecule has 182 valence electrons. The number of hydrazone groups is 1. The molecule has 9 nitrogen and oxygen atoms in total. The second-order valence-electron chi connectivity index (χ2n) is 7.52. The molecule has 0 bridgehead atoms. The van der Waals surface area contributed by atoms with Gasteiger partial charge in [-0.05, 0) is 48.9 Å². The monoisotopic (exact) mass is 494 g/mol. The van der Waals surface area contributed by atoms with E-state index in [1.807, 2.05) is 0 Å². The number of sulfonamides is 1. The van der Waals surface area contributed by atoms with E-state index in [1.165, 1.54) is 26.2 Å². The molecule has 0 spiro atoms. The van der Waals surface area contributed by atoms with Crippen molar-refractivity contribution in [1.29, 1.82) is 0 Å². The number of carbonyl (C=O) groups excluding carboxylic acids is 2. The molecule has 2 N–H and O–H groups in total. The van der Waals surface area contributed by atoms with E-state index in [0.29, 0.717) is 17.1 Å². The van der Waals surface area contributed by atoms with Gasteiger partial charge >= 0.3 is 0 Å². The number of benzene rings is 3. The quantitative estimate of drug-likeness (QED) is 0.349. The van der Waals surface area contributed by atoms with E-state index in [4.69, 9.17) is 4.74 Å². The van der Waals surface area contributed by atoms with Crippen LogP contribution in [0.1, 0.15) is 19.4 Å². The molecule has 0 atom stereocenters. The van der Waals surface area contributed by atoms with E-state index in [1.54, 1.807) is 73.7 Å². The van der Waals surface area contributed by atoms with Crippen LogP contribution in [0.3, 0.4) is 0 Å². The molecule has 3 rings (SSSR count). The molecule has 0 aliphatic carbocycles. The molecule has 0 aliphatic heterocycles. The topological polar surface area (TPSA) is 117 Å². The predicted octanol–water partition coefficient (Wildman–Crippen LogP) is 3.39. The Morgan fingerprint density at radius 1 is 0.943 bits per heavy atom. The van der Waals surface area contributed by atoms with Gasteiger partial charge in [0.1, 0.15) is 12.3 Å². The van der Waals surface area contributed by atoms with Gasteiger partial charge in [-0.2, -0.15) is 5.10 Å². The third-order valence-corrected chi connectivity index (χ3v) is 6.72. The highest BCUT2D eigenvalue weighted by Crippen LogP contribution is 2.26. The number of ether oxygens (including phenoxy) is 1. The minimum atomic E-state index is -4.05. The number of nitrogens with zero attached hydrogens (tertiary/aromatic N) is 2. The number of amides is 2. The number of methoxy groups -OCH3 is 1. The molecule has 0 fully saturated rings. The minimum absolute atomic E-state index is 0.0505. The van der Waals surface area contributed by atoms with Gasteiger partial charge in [-0.1, -0.05) is 36.4 Å². The Balaban J connectivity index is 1.82. The van der Waals surface area contributed by atoms with Crippen LogP contribution < -0.4 is 19.8 Å². The van der Waals surface area contributed by atoms with Crippen molar-refractivity contribution in [2.24, 2.45) is 5.10 Å². The average molecular weight is 495 g/mol. The van der Waals surface area contributed by atoms with E-state index >= 15 is 0 Å². The maximum Gasteiger partial charge on any atom is 0.264 e. The van der Waals surface area contributed by atoms with Crippen molar-refractivity contribution < 1.29 is 22.7 Å². The van der Waals surface area contributed by atoms with Gasteiger partial charge in [0.05, 0.1) is 23.4 Å². The van der Waals surface area contributed by atoms with Crippen LogP contribution in [0.2, 0.25) is 0 Å². The highest BCUT2D eigenvalue weighted by molar-refractivity contribution is 7.92. The van der Waals surface area contributed by atoms with Crippen molar-refractivity contribution in [3.8, 4) is 5.75 Å². The highest BCUT2D eigenvalue weighted by Gasteiger charge is 2.27. The third kappa shape index (κ3) is 6.67. The Kier molecular flexibility index (Phi) is 8.21. The number of rotatable bonds is 9. The molecular weight excluding hydrogens is 468 g/mol. The zero-order valence-electron chi connectivity index (χ0n) is 19.6. The maximum atomic E-state index is 13.4. The zero-order valence-corrected chi connectivity index (χ0v) is 20.4. The highest BCUT2D eigenvalue weighted by atomic mass is 32.2. The number of hydrogen-bond acceptors (Lipinski definition) is 6. The summed E-state index contributed by atoms with van der Waals surface area (Å²) in [6.45, 7) is 2.62. The van der Waals surface area contributed by atoms with E-state index in [-0.39, 0.29) is 16.5 Å². The molecule has 0 aromatic heterocycles. The first-order valence-electron chi connectivity index (χ1n) is 10.6. The van der Waals surface area contributed by atoms with Gasteiger partial charge in [-0.3, -0.25) is 13.9 Å². The second kappa shape index (κ2) is 11.3. The minimum Gasteiger partial charge on any atom is -0.497 e. The van der Waals surface area contributed by atoms with Crippen LogP contribution in [-0.2, 0) is 19.6 Å². The van der Waals surface area contributed by atoms with Gasteiger partial charge in [0.2, 0.25) is 5.91 Å². The summed E-state index contributed by atoms with van der Waals surface area (Å²) in [4.78, 5) is 24.0. The van der Waals surface area contributed by atoms with Crippen molar-refractivity contribution >= 4 is 38.9 Å². The fourth-order valence-electron chi connectivity index (χ4n) is 3.17. The smallest absolute Gasteiger partial charge is 0.264 e. The largest absolute Gasteiger partial charge is 0.497 e. The van der Waals surface area contributed by atoms with Crippen molar-refractivity contribution in [1.82, 2.24) is 5.43 Å². The van der Waals surface area contributed by atoms with E-state index in [0.717, 1.165) is 9.87 Å². The van der Waals surface area contributed by atoms with Crippen molar-refractivity contribution in [3.63, 3.8) is 0 Å². The normalized spacial score (nSPS) is 11.5. The molecule has 0 unspecified atom stereocenters. The van der Waals surface area contributed by atoms with Crippen LogP contribution in [0.25, 0.3) is 0 Å². The van der Waals surface area contributed by atoms with E-state index < -0.39 is 22.5 Å². The summed E-state index contributed by atoms with van der Waals surface area (Å²) in [6.07, 6.45) is 0. The fraction of sp³-hybridized carbons (Fsp3) is 0.160. The predicted molar refractivity (Wildman–Crippen MR) is 135 cm³/mol. The Labute approximate surface area is 204 Å². The lowest BCUT2D eigenvalue weighted by Crippen LogP contribution is -2.39. The molecule has 3 aromatic rings. The zero-order chi connectivity index (χ0) is 25.4. The van der Waals surface area contributed by atoms with Gasteiger partial charge in [-0.15, -0.1) is 0 Å². The molecular formula is C25H26N4O5S. The summed E-state index contributed by atoms with van der Waals surface area (Å²) in [5.74, 6) is -0.351. The summed E-state index contributed by atoms with van der Waals surface area (Å²) in [5.41, 5.74) is 4.56. The van der Waals surface area contributed by atoms with E-state index in [2.05, 4.69) is 15.8 Å². The summed E-state index contributed by atoms with van der Waals surface area (Å²) >= 11 is 0. The first-order chi connectivity index (χ1) is 16.7. The van der Waals surface area contributed by atoms with Gasteiger partial charge in [0.15, 0.2) is 0 Å². The summed E-state index contributed by atoms with van der Waals surface area (Å²) < 4.78 is 33.0. The molecule has 35 heavy (non-hydrogen) atoms. The molecule has 0 radical (unpaired) electrons. The van der Waals surface area contributed by atoms with Crippen LogP contribution in [0.5, 0.6) is 5.75 Å². The molecule has 2 amide bonds. The number of nitrogens with one attached hydrogen (secondary N) is 2. The van der Waals surface area contributed by atoms with Crippen LogP contribution in [0, 0.1) is 0 Å². The first-order valence-corrected chi connectivity index (χ1v) is 12.1. The summed E-state index contributed by atoms with van der Waals surface area (Å²) in [5, 5.41) is 6.78. The lowest BCUT2D eigenvalue weighted by atomic mass is 10.1. The summed E-state index contributed by atoms with van der Waals surface area (Å²) in [6, 6.07) is 21.3. The van der Waals surface area contributed by atoms with Gasteiger partial charge < -0.3 is 10.1 Å². The molecule has 0 saturated carbocycles. The van der Waals surface area contributed by atoms with Gasteiger partial charge in [0.25, 0.3) is 15.9 Å². The maximum absolute atomic E-state index is 13.4. The Bertz CT molecular complexity index is 1320. The van der Waals surface area contributed by atoms with Crippen LogP contribution in [0.15, 0.2) is 88.9 Å². The van der Waals surface area contributed by atoms with Crippen LogP contribution in [0.4, 0.5) is 11.4 Å². The van der Waals surface area contributed by atoms with Crippen molar-refractivity contribution in [2.75, 3.05) is 23.3 Å². The Morgan fingerprint density at radius 3 is 2.26 bits per heavy atom. The number of carbonyl (C=O) groups is 2. The van der Waals surface area contributed by atoms with Gasteiger partial charge in [-0.25, -0.2) is 13.8 Å². The third-order valence-electron chi connectivity index (χ3n) is 4.93. The Morgan fingerprint density at radius 2 is 1.63 bits per heavy atom. The van der Waals surface area contributed by atoms with Gasteiger partial charge in [0, 0.05) is 18.7 Å². The van der Waals surface area contributed by atoms with Crippen molar-refractivity contribution in [3.05, 3.63) is 84.4 Å². The van der Waals surface area contributed by atoms with Crippen LogP contribution >= 0.6 is 0 Å².